The van der Waals surface area contributed by atoms with Gasteiger partial charge in [0.05, 0.1) is 5.92 Å². The molecule has 18 heavy (non-hydrogen) atoms. The van der Waals surface area contributed by atoms with E-state index in [2.05, 4.69) is 5.32 Å². The van der Waals surface area contributed by atoms with Gasteiger partial charge in [0.1, 0.15) is 0 Å². The van der Waals surface area contributed by atoms with E-state index in [9.17, 15) is 18.0 Å². The fraction of sp³-hybridized carbons (Fsp3) is 0.917. The summed E-state index contributed by atoms with van der Waals surface area (Å²) in [5.41, 5.74) is 0. The van der Waals surface area contributed by atoms with E-state index in [4.69, 9.17) is 11.6 Å². The summed E-state index contributed by atoms with van der Waals surface area (Å²) in [4.78, 5) is 11.9. The number of hydrogen-bond donors (Lipinski definition) is 1. The summed E-state index contributed by atoms with van der Waals surface area (Å²) in [6.45, 7) is 1.88. The van der Waals surface area contributed by atoms with Crippen LogP contribution in [0.3, 0.4) is 0 Å². The summed E-state index contributed by atoms with van der Waals surface area (Å²) >= 11 is 5.66. The SMILES string of the molecule is CCC(CCl)NC(=O)C1CCCC(C(F)(F)F)C1. The minimum absolute atomic E-state index is 0.0892. The molecule has 0 bridgehead atoms. The average molecular weight is 286 g/mol. The molecule has 0 heterocycles. The first-order valence-corrected chi connectivity index (χ1v) is 6.85. The number of halogens is 4. The van der Waals surface area contributed by atoms with Gasteiger partial charge in [-0.1, -0.05) is 13.3 Å². The quantitative estimate of drug-likeness (QED) is 0.787. The van der Waals surface area contributed by atoms with Crippen LogP contribution in [0.4, 0.5) is 13.2 Å². The molecule has 0 radical (unpaired) electrons. The van der Waals surface area contributed by atoms with E-state index in [1.165, 1.54) is 0 Å². The van der Waals surface area contributed by atoms with Crippen molar-refractivity contribution in [1.82, 2.24) is 5.32 Å². The molecule has 1 rings (SSSR count). The zero-order valence-electron chi connectivity index (χ0n) is 10.4. The van der Waals surface area contributed by atoms with Crippen molar-refractivity contribution in [3.8, 4) is 0 Å². The van der Waals surface area contributed by atoms with E-state index in [0.717, 1.165) is 0 Å². The van der Waals surface area contributed by atoms with E-state index in [1.54, 1.807) is 0 Å². The van der Waals surface area contributed by atoms with Crippen LogP contribution in [0.15, 0.2) is 0 Å². The zero-order valence-corrected chi connectivity index (χ0v) is 11.2. The summed E-state index contributed by atoms with van der Waals surface area (Å²) in [6.07, 6.45) is -2.45. The molecule has 3 unspecified atom stereocenters. The van der Waals surface area contributed by atoms with Gasteiger partial charge in [-0.25, -0.2) is 0 Å². The highest BCUT2D eigenvalue weighted by Gasteiger charge is 2.43. The van der Waals surface area contributed by atoms with Crippen LogP contribution in [0.1, 0.15) is 39.0 Å². The molecule has 1 saturated carbocycles. The molecule has 6 heteroatoms. The van der Waals surface area contributed by atoms with Crippen LogP contribution < -0.4 is 5.32 Å². The van der Waals surface area contributed by atoms with E-state index in [-0.39, 0.29) is 30.7 Å². The standard InChI is InChI=1S/C12H19ClF3NO/c1-2-10(7-13)17-11(18)8-4-3-5-9(6-8)12(14,15)16/h8-10H,2-7H2,1H3,(H,17,18). The molecule has 3 atom stereocenters. The molecule has 106 valence electrons. The number of hydrogen-bond acceptors (Lipinski definition) is 1. The van der Waals surface area contributed by atoms with Crippen molar-refractivity contribution in [3.63, 3.8) is 0 Å². The van der Waals surface area contributed by atoms with Gasteiger partial charge in [0.25, 0.3) is 0 Å². The van der Waals surface area contributed by atoms with Gasteiger partial charge < -0.3 is 5.32 Å². The van der Waals surface area contributed by atoms with Crippen molar-refractivity contribution < 1.29 is 18.0 Å². The zero-order chi connectivity index (χ0) is 13.8. The predicted octanol–water partition coefficient (Wildman–Crippen LogP) is 3.49. The second-order valence-electron chi connectivity index (χ2n) is 4.87. The normalized spacial score (nSPS) is 26.7. The predicted molar refractivity (Wildman–Crippen MR) is 64.4 cm³/mol. The summed E-state index contributed by atoms with van der Waals surface area (Å²) in [6, 6.07) is -0.148. The summed E-state index contributed by atoms with van der Waals surface area (Å²) < 4.78 is 37.9. The van der Waals surface area contributed by atoms with Crippen molar-refractivity contribution in [2.45, 2.75) is 51.2 Å². The minimum atomic E-state index is -4.18. The van der Waals surface area contributed by atoms with E-state index < -0.39 is 18.0 Å². The summed E-state index contributed by atoms with van der Waals surface area (Å²) in [5.74, 6) is -1.85. The first-order chi connectivity index (χ1) is 8.38. The largest absolute Gasteiger partial charge is 0.391 e. The van der Waals surface area contributed by atoms with Gasteiger partial charge in [-0.3, -0.25) is 4.79 Å². The number of rotatable bonds is 4. The van der Waals surface area contributed by atoms with Crippen LogP contribution in [0, 0.1) is 11.8 Å². The highest BCUT2D eigenvalue weighted by atomic mass is 35.5. The Kier molecular flexibility index (Phi) is 5.76. The second kappa shape index (κ2) is 6.64. The van der Waals surface area contributed by atoms with Crippen LogP contribution in [0.25, 0.3) is 0 Å². The average Bonchev–Trinajstić information content (AvgIpc) is 2.34. The van der Waals surface area contributed by atoms with Crippen molar-refractivity contribution in [1.29, 1.82) is 0 Å². The number of carbonyl (C=O) groups is 1. The Morgan fingerprint density at radius 1 is 1.44 bits per heavy atom. The second-order valence-corrected chi connectivity index (χ2v) is 5.18. The fourth-order valence-corrected chi connectivity index (χ4v) is 2.59. The van der Waals surface area contributed by atoms with Crippen LogP contribution >= 0.6 is 11.6 Å². The van der Waals surface area contributed by atoms with Gasteiger partial charge in [0.15, 0.2) is 0 Å². The van der Waals surface area contributed by atoms with Crippen LogP contribution in [-0.2, 0) is 4.79 Å². The lowest BCUT2D eigenvalue weighted by atomic mass is 9.80. The van der Waals surface area contributed by atoms with Gasteiger partial charge in [0, 0.05) is 17.8 Å². The third-order valence-electron chi connectivity index (χ3n) is 3.53. The van der Waals surface area contributed by atoms with Crippen molar-refractivity contribution in [3.05, 3.63) is 0 Å². The Morgan fingerprint density at radius 3 is 2.61 bits per heavy atom. The first kappa shape index (κ1) is 15.6. The van der Waals surface area contributed by atoms with Gasteiger partial charge in [-0.2, -0.15) is 13.2 Å². The van der Waals surface area contributed by atoms with E-state index in [0.29, 0.717) is 19.3 Å². The Hall–Kier alpha value is -0.450. The molecule has 1 N–H and O–H groups in total. The Morgan fingerprint density at radius 2 is 2.11 bits per heavy atom. The lowest BCUT2D eigenvalue weighted by molar-refractivity contribution is -0.186. The molecule has 2 nitrogen and oxygen atoms in total. The third-order valence-corrected chi connectivity index (χ3v) is 3.91. The topological polar surface area (TPSA) is 29.1 Å². The Bertz CT molecular complexity index is 279. The monoisotopic (exact) mass is 285 g/mol. The molecular weight excluding hydrogens is 267 g/mol. The molecule has 0 spiro atoms. The lowest BCUT2D eigenvalue weighted by Gasteiger charge is -2.30. The fourth-order valence-electron chi connectivity index (χ4n) is 2.29. The molecule has 0 aromatic heterocycles. The maximum absolute atomic E-state index is 12.6. The van der Waals surface area contributed by atoms with Crippen LogP contribution in [0.5, 0.6) is 0 Å². The molecule has 1 aliphatic rings. The highest BCUT2D eigenvalue weighted by Crippen LogP contribution is 2.39. The first-order valence-electron chi connectivity index (χ1n) is 6.31. The number of nitrogens with one attached hydrogen (secondary N) is 1. The van der Waals surface area contributed by atoms with Crippen LogP contribution in [0.2, 0.25) is 0 Å². The Balaban J connectivity index is 2.53. The third kappa shape index (κ3) is 4.34. The van der Waals surface area contributed by atoms with Gasteiger partial charge >= 0.3 is 6.18 Å². The number of alkyl halides is 4. The molecule has 1 aliphatic carbocycles. The maximum Gasteiger partial charge on any atom is 0.391 e. The number of amides is 1. The molecule has 0 saturated heterocycles. The lowest BCUT2D eigenvalue weighted by Crippen LogP contribution is -2.42. The van der Waals surface area contributed by atoms with Gasteiger partial charge in [-0.05, 0) is 25.7 Å². The summed E-state index contributed by atoms with van der Waals surface area (Å²) in [5, 5.41) is 2.72. The summed E-state index contributed by atoms with van der Waals surface area (Å²) in [7, 11) is 0. The number of carbonyl (C=O) groups excluding carboxylic acids is 1. The van der Waals surface area contributed by atoms with Gasteiger partial charge in [-0.15, -0.1) is 11.6 Å². The molecule has 1 amide bonds. The highest BCUT2D eigenvalue weighted by molar-refractivity contribution is 6.18. The van der Waals surface area contributed by atoms with Crippen molar-refractivity contribution in [2.24, 2.45) is 11.8 Å². The molecular formula is C12H19ClF3NO. The van der Waals surface area contributed by atoms with E-state index in [1.807, 2.05) is 6.92 Å². The molecule has 1 fully saturated rings. The smallest absolute Gasteiger partial charge is 0.352 e. The molecule has 0 aromatic carbocycles. The molecule has 0 aromatic rings. The molecule has 0 aliphatic heterocycles. The van der Waals surface area contributed by atoms with Crippen molar-refractivity contribution in [2.75, 3.05) is 5.88 Å². The minimum Gasteiger partial charge on any atom is -0.352 e. The van der Waals surface area contributed by atoms with Crippen molar-refractivity contribution >= 4 is 17.5 Å². The van der Waals surface area contributed by atoms with E-state index >= 15 is 0 Å². The van der Waals surface area contributed by atoms with Crippen LogP contribution in [-0.4, -0.2) is 24.0 Å². The maximum atomic E-state index is 12.6. The van der Waals surface area contributed by atoms with Gasteiger partial charge in [0.2, 0.25) is 5.91 Å². The Labute approximate surface area is 110 Å².